The Hall–Kier alpha value is -3.53. The zero-order valence-electron chi connectivity index (χ0n) is 21.1. The molecule has 0 spiro atoms. The molecule has 2 aliphatic heterocycles. The van der Waals surface area contributed by atoms with Crippen LogP contribution in [0.4, 0.5) is 5.95 Å². The number of fused-ring (bicyclic) bond motifs is 1. The zero-order valence-corrected chi connectivity index (χ0v) is 21.1. The van der Waals surface area contributed by atoms with Crippen molar-refractivity contribution in [2.24, 2.45) is 0 Å². The molecule has 2 fully saturated rings. The molecule has 0 aliphatic carbocycles. The molecule has 2 aromatic carbocycles. The highest BCUT2D eigenvalue weighted by Gasteiger charge is 2.21. The second kappa shape index (κ2) is 11.2. The average Bonchev–Trinajstić information content (AvgIpc) is 3.39. The highest BCUT2D eigenvalue weighted by Crippen LogP contribution is 2.30. The lowest BCUT2D eigenvalue weighted by atomic mass is 10.1. The van der Waals surface area contributed by atoms with E-state index in [1.54, 1.807) is 0 Å². The van der Waals surface area contributed by atoms with Crippen LogP contribution in [0.2, 0.25) is 0 Å². The summed E-state index contributed by atoms with van der Waals surface area (Å²) >= 11 is 0. The van der Waals surface area contributed by atoms with Gasteiger partial charge in [-0.3, -0.25) is 4.90 Å². The second-order valence-electron chi connectivity index (χ2n) is 9.48. The molecule has 0 radical (unpaired) electrons. The molecule has 1 N–H and O–H groups in total. The number of hydrogen-bond acceptors (Lipinski definition) is 8. The number of piperazine rings is 1. The van der Waals surface area contributed by atoms with Crippen LogP contribution in [-0.4, -0.2) is 83.4 Å². The molecular weight excluding hydrogens is 466 g/mol. The van der Waals surface area contributed by atoms with Crippen molar-refractivity contribution >= 4 is 17.1 Å². The molecule has 0 unspecified atom stereocenters. The number of morpholine rings is 1. The summed E-state index contributed by atoms with van der Waals surface area (Å²) in [7, 11) is 0. The molecule has 9 heteroatoms. The smallest absolute Gasteiger partial charge is 0.228 e. The van der Waals surface area contributed by atoms with Crippen LogP contribution in [0.5, 0.6) is 5.75 Å². The molecule has 192 valence electrons. The summed E-state index contributed by atoms with van der Waals surface area (Å²) in [5, 5.41) is 3.42. The molecule has 37 heavy (non-hydrogen) atoms. The van der Waals surface area contributed by atoms with Crippen LogP contribution < -0.4 is 15.0 Å². The molecular formula is C28H33N7O2. The Morgan fingerprint density at radius 1 is 0.892 bits per heavy atom. The third kappa shape index (κ3) is 5.58. The van der Waals surface area contributed by atoms with Gasteiger partial charge in [-0.2, -0.15) is 4.98 Å². The number of benzene rings is 2. The highest BCUT2D eigenvalue weighted by atomic mass is 16.5. The molecule has 2 saturated heterocycles. The highest BCUT2D eigenvalue weighted by molar-refractivity contribution is 5.88. The number of hydrogen-bond donors (Lipinski definition) is 1. The third-order valence-electron chi connectivity index (χ3n) is 6.97. The molecule has 9 nitrogen and oxygen atoms in total. The van der Waals surface area contributed by atoms with Crippen molar-refractivity contribution in [2.45, 2.75) is 13.2 Å². The quantitative estimate of drug-likeness (QED) is 0.397. The first-order valence-corrected chi connectivity index (χ1v) is 13.1. The van der Waals surface area contributed by atoms with Gasteiger partial charge in [0.05, 0.1) is 19.5 Å². The zero-order chi connectivity index (χ0) is 24.9. The monoisotopic (exact) mass is 499 g/mol. The van der Waals surface area contributed by atoms with Crippen LogP contribution >= 0.6 is 0 Å². The Morgan fingerprint density at radius 3 is 2.57 bits per heavy atom. The Kier molecular flexibility index (Phi) is 7.25. The summed E-state index contributed by atoms with van der Waals surface area (Å²) in [4.78, 5) is 19.5. The van der Waals surface area contributed by atoms with Gasteiger partial charge in [0.1, 0.15) is 23.6 Å². The van der Waals surface area contributed by atoms with Gasteiger partial charge in [-0.15, -0.1) is 0 Å². The maximum Gasteiger partial charge on any atom is 0.228 e. The van der Waals surface area contributed by atoms with Crippen molar-refractivity contribution in [1.29, 1.82) is 0 Å². The number of anilines is 1. The minimum atomic E-state index is 0.517. The first-order valence-electron chi connectivity index (χ1n) is 13.1. The lowest BCUT2D eigenvalue weighted by Crippen LogP contribution is -2.44. The van der Waals surface area contributed by atoms with E-state index in [0.717, 1.165) is 92.0 Å². The number of aromatic nitrogens is 4. The SMILES string of the molecule is c1ccc(COc2cccc(-c3nc(N4CCOCC4)nc4c3ncn4CCN3CCNCC3)c2)cc1. The number of imidazole rings is 1. The maximum atomic E-state index is 6.12. The minimum Gasteiger partial charge on any atom is -0.489 e. The summed E-state index contributed by atoms with van der Waals surface area (Å²) in [6.07, 6.45) is 1.91. The predicted molar refractivity (Wildman–Crippen MR) is 144 cm³/mol. The van der Waals surface area contributed by atoms with Gasteiger partial charge in [0.2, 0.25) is 5.95 Å². The molecule has 2 aromatic heterocycles. The summed E-state index contributed by atoms with van der Waals surface area (Å²) in [5.74, 6) is 1.53. The van der Waals surface area contributed by atoms with Crippen LogP contribution in [0.3, 0.4) is 0 Å². The predicted octanol–water partition coefficient (Wildman–Crippen LogP) is 2.81. The van der Waals surface area contributed by atoms with Crippen molar-refractivity contribution in [2.75, 3.05) is 63.9 Å². The van der Waals surface area contributed by atoms with Crippen molar-refractivity contribution in [1.82, 2.24) is 29.7 Å². The first-order chi connectivity index (χ1) is 18.3. The third-order valence-corrected chi connectivity index (χ3v) is 6.97. The standard InChI is InChI=1S/C28H33N7O2/c1-2-5-22(6-3-1)20-37-24-8-4-7-23(19-24)25-26-27(32-28(31-25)34-15-17-36-18-16-34)35(21-30-26)14-13-33-11-9-29-10-12-33/h1-8,19,21,29H,9-18,20H2. The summed E-state index contributed by atoms with van der Waals surface area (Å²) < 4.78 is 13.9. The van der Waals surface area contributed by atoms with Crippen LogP contribution in [0.1, 0.15) is 5.56 Å². The van der Waals surface area contributed by atoms with E-state index in [4.69, 9.17) is 24.4 Å². The lowest BCUT2D eigenvalue weighted by molar-refractivity contribution is 0.122. The van der Waals surface area contributed by atoms with Gasteiger partial charge in [0.25, 0.3) is 0 Å². The summed E-state index contributed by atoms with van der Waals surface area (Å²) in [6.45, 7) is 9.48. The Bertz CT molecular complexity index is 1310. The van der Waals surface area contributed by atoms with E-state index in [1.165, 1.54) is 0 Å². The Balaban J connectivity index is 1.32. The van der Waals surface area contributed by atoms with E-state index in [1.807, 2.05) is 42.7 Å². The largest absolute Gasteiger partial charge is 0.489 e. The van der Waals surface area contributed by atoms with Crippen molar-refractivity contribution in [3.05, 3.63) is 66.5 Å². The van der Waals surface area contributed by atoms with Crippen LogP contribution in [0.25, 0.3) is 22.4 Å². The fraction of sp³-hybridized carbons (Fsp3) is 0.393. The van der Waals surface area contributed by atoms with Gasteiger partial charge in [-0.05, 0) is 17.7 Å². The normalized spacial score (nSPS) is 16.8. The number of ether oxygens (including phenoxy) is 2. The first kappa shape index (κ1) is 23.8. The molecule has 2 aliphatic rings. The fourth-order valence-electron chi connectivity index (χ4n) is 4.86. The van der Waals surface area contributed by atoms with E-state index in [2.05, 4.69) is 37.9 Å². The van der Waals surface area contributed by atoms with Gasteiger partial charge >= 0.3 is 0 Å². The van der Waals surface area contributed by atoms with E-state index < -0.39 is 0 Å². The van der Waals surface area contributed by atoms with Crippen LogP contribution in [-0.2, 0) is 17.9 Å². The lowest BCUT2D eigenvalue weighted by Gasteiger charge is -2.28. The molecule has 6 rings (SSSR count). The van der Waals surface area contributed by atoms with Crippen LogP contribution in [0, 0.1) is 0 Å². The average molecular weight is 500 g/mol. The number of nitrogens with one attached hydrogen (secondary N) is 1. The Labute approximate surface area is 217 Å². The van der Waals surface area contributed by atoms with Gasteiger partial charge < -0.3 is 24.3 Å². The van der Waals surface area contributed by atoms with Crippen molar-refractivity contribution in [3.63, 3.8) is 0 Å². The number of rotatable bonds is 8. The summed E-state index contributed by atoms with van der Waals surface area (Å²) in [6, 6.07) is 18.3. The topological polar surface area (TPSA) is 80.6 Å². The molecule has 0 saturated carbocycles. The van der Waals surface area contributed by atoms with E-state index in [0.29, 0.717) is 19.8 Å². The fourth-order valence-corrected chi connectivity index (χ4v) is 4.86. The number of nitrogens with zero attached hydrogens (tertiary/aromatic N) is 6. The van der Waals surface area contributed by atoms with Crippen molar-refractivity contribution < 1.29 is 9.47 Å². The van der Waals surface area contributed by atoms with Gasteiger partial charge in [0, 0.05) is 57.9 Å². The second-order valence-corrected chi connectivity index (χ2v) is 9.48. The van der Waals surface area contributed by atoms with E-state index in [9.17, 15) is 0 Å². The van der Waals surface area contributed by atoms with Gasteiger partial charge in [-0.25, -0.2) is 9.97 Å². The minimum absolute atomic E-state index is 0.517. The van der Waals surface area contributed by atoms with E-state index in [-0.39, 0.29) is 0 Å². The molecule has 4 heterocycles. The van der Waals surface area contributed by atoms with Gasteiger partial charge in [-0.1, -0.05) is 42.5 Å². The van der Waals surface area contributed by atoms with E-state index >= 15 is 0 Å². The van der Waals surface area contributed by atoms with Gasteiger partial charge in [0.15, 0.2) is 5.65 Å². The van der Waals surface area contributed by atoms with Crippen molar-refractivity contribution in [3.8, 4) is 17.0 Å². The Morgan fingerprint density at radius 2 is 1.73 bits per heavy atom. The van der Waals surface area contributed by atoms with Crippen LogP contribution in [0.15, 0.2) is 60.9 Å². The molecule has 0 bridgehead atoms. The molecule has 0 atom stereocenters. The molecule has 0 amide bonds. The summed E-state index contributed by atoms with van der Waals surface area (Å²) in [5.41, 5.74) is 4.63. The molecule has 4 aromatic rings. The maximum absolute atomic E-state index is 6.12.